The predicted octanol–water partition coefficient (Wildman–Crippen LogP) is 2.91. The monoisotopic (exact) mass is 257 g/mol. The lowest BCUT2D eigenvalue weighted by atomic mass is 10.1. The predicted molar refractivity (Wildman–Crippen MR) is 75.5 cm³/mol. The van der Waals surface area contributed by atoms with Crippen molar-refractivity contribution < 1.29 is 4.52 Å². The first-order chi connectivity index (χ1) is 9.31. The number of anilines is 1. The summed E-state index contributed by atoms with van der Waals surface area (Å²) in [5, 5.41) is 3.73. The molecule has 2 N–H and O–H groups in total. The van der Waals surface area contributed by atoms with Gasteiger partial charge in [-0.3, -0.25) is 4.90 Å². The molecule has 0 bridgehead atoms. The third-order valence-corrected chi connectivity index (χ3v) is 3.59. The van der Waals surface area contributed by atoms with E-state index in [0.29, 0.717) is 5.82 Å². The summed E-state index contributed by atoms with van der Waals surface area (Å²) < 4.78 is 5.21. The minimum absolute atomic E-state index is 0.427. The second kappa shape index (κ2) is 5.45. The van der Waals surface area contributed by atoms with Crippen molar-refractivity contribution in [3.05, 3.63) is 35.9 Å². The molecule has 2 heterocycles. The van der Waals surface area contributed by atoms with Crippen molar-refractivity contribution in [2.45, 2.75) is 25.8 Å². The van der Waals surface area contributed by atoms with E-state index in [1.807, 2.05) is 6.07 Å². The van der Waals surface area contributed by atoms with Crippen molar-refractivity contribution in [3.8, 4) is 11.3 Å². The van der Waals surface area contributed by atoms with Crippen LogP contribution in [-0.4, -0.2) is 23.1 Å². The van der Waals surface area contributed by atoms with Gasteiger partial charge >= 0.3 is 0 Å². The Balaban J connectivity index is 1.75. The van der Waals surface area contributed by atoms with Crippen LogP contribution < -0.4 is 5.73 Å². The third-order valence-electron chi connectivity index (χ3n) is 3.59. The SMILES string of the molecule is Nc1cc(-c2cccc(CN3CCCCC3)c2)on1. The Morgan fingerprint density at radius 1 is 1.16 bits per heavy atom. The van der Waals surface area contributed by atoms with Gasteiger partial charge in [0.1, 0.15) is 0 Å². The second-order valence-electron chi connectivity index (χ2n) is 5.15. The first-order valence-electron chi connectivity index (χ1n) is 6.85. The molecular weight excluding hydrogens is 238 g/mol. The molecular formula is C15H19N3O. The van der Waals surface area contributed by atoms with Gasteiger partial charge < -0.3 is 10.3 Å². The van der Waals surface area contributed by atoms with E-state index in [9.17, 15) is 0 Å². The number of hydrogen-bond acceptors (Lipinski definition) is 4. The molecule has 1 saturated heterocycles. The van der Waals surface area contributed by atoms with E-state index in [1.165, 1.54) is 37.9 Å². The first kappa shape index (κ1) is 12.2. The minimum Gasteiger partial charge on any atom is -0.381 e. The normalized spacial score (nSPS) is 16.6. The van der Waals surface area contributed by atoms with Gasteiger partial charge in [0.2, 0.25) is 0 Å². The Kier molecular flexibility index (Phi) is 3.51. The van der Waals surface area contributed by atoms with E-state index in [1.54, 1.807) is 6.07 Å². The summed E-state index contributed by atoms with van der Waals surface area (Å²) in [5.41, 5.74) is 7.95. The average Bonchev–Trinajstić information content (AvgIpc) is 2.87. The summed E-state index contributed by atoms with van der Waals surface area (Å²) in [5.74, 6) is 1.16. The molecule has 0 atom stereocenters. The Bertz CT molecular complexity index is 544. The average molecular weight is 257 g/mol. The molecule has 0 saturated carbocycles. The van der Waals surface area contributed by atoms with Crippen molar-refractivity contribution in [1.29, 1.82) is 0 Å². The fourth-order valence-electron chi connectivity index (χ4n) is 2.62. The number of nitrogen functional groups attached to an aromatic ring is 1. The number of nitrogens with two attached hydrogens (primary N) is 1. The number of likely N-dealkylation sites (tertiary alicyclic amines) is 1. The Labute approximate surface area is 113 Å². The van der Waals surface area contributed by atoms with Gasteiger partial charge in [0.15, 0.2) is 11.6 Å². The molecule has 4 nitrogen and oxygen atoms in total. The van der Waals surface area contributed by atoms with E-state index in [-0.39, 0.29) is 0 Å². The fourth-order valence-corrected chi connectivity index (χ4v) is 2.62. The van der Waals surface area contributed by atoms with Crippen molar-refractivity contribution in [3.63, 3.8) is 0 Å². The van der Waals surface area contributed by atoms with Gasteiger partial charge in [0.05, 0.1) is 0 Å². The molecule has 1 fully saturated rings. The summed E-state index contributed by atoms with van der Waals surface area (Å²) >= 11 is 0. The van der Waals surface area contributed by atoms with Crippen molar-refractivity contribution >= 4 is 5.82 Å². The van der Waals surface area contributed by atoms with E-state index < -0.39 is 0 Å². The van der Waals surface area contributed by atoms with E-state index in [4.69, 9.17) is 10.3 Å². The van der Waals surface area contributed by atoms with Crippen LogP contribution in [0.1, 0.15) is 24.8 Å². The van der Waals surface area contributed by atoms with E-state index in [2.05, 4.69) is 28.3 Å². The number of benzene rings is 1. The van der Waals surface area contributed by atoms with Crippen LogP contribution in [0.5, 0.6) is 0 Å². The molecule has 4 heteroatoms. The first-order valence-corrected chi connectivity index (χ1v) is 6.85. The summed E-state index contributed by atoms with van der Waals surface area (Å²) in [4.78, 5) is 2.51. The molecule has 1 aliphatic heterocycles. The summed E-state index contributed by atoms with van der Waals surface area (Å²) in [7, 11) is 0. The maximum atomic E-state index is 5.59. The maximum absolute atomic E-state index is 5.59. The van der Waals surface area contributed by atoms with Crippen LogP contribution in [0.25, 0.3) is 11.3 Å². The number of hydrogen-bond donors (Lipinski definition) is 1. The zero-order chi connectivity index (χ0) is 13.1. The molecule has 0 radical (unpaired) electrons. The quantitative estimate of drug-likeness (QED) is 0.918. The number of rotatable bonds is 3. The van der Waals surface area contributed by atoms with Crippen molar-refractivity contribution in [1.82, 2.24) is 10.1 Å². The standard InChI is InChI=1S/C15H19N3O/c16-15-10-14(19-17-15)13-6-4-5-12(9-13)11-18-7-2-1-3-8-18/h4-6,9-10H,1-3,7-8,11H2,(H2,16,17). The summed E-state index contributed by atoms with van der Waals surface area (Å²) in [6.07, 6.45) is 4.00. The number of aromatic nitrogens is 1. The molecule has 0 amide bonds. The van der Waals surface area contributed by atoms with E-state index in [0.717, 1.165) is 17.9 Å². The molecule has 0 aliphatic carbocycles. The summed E-state index contributed by atoms with van der Waals surface area (Å²) in [6.45, 7) is 3.43. The topological polar surface area (TPSA) is 55.3 Å². The third kappa shape index (κ3) is 2.96. The molecule has 0 unspecified atom stereocenters. The van der Waals surface area contributed by atoms with Crippen LogP contribution in [0, 0.1) is 0 Å². The van der Waals surface area contributed by atoms with Gasteiger partial charge in [-0.1, -0.05) is 29.8 Å². The van der Waals surface area contributed by atoms with E-state index >= 15 is 0 Å². The number of piperidine rings is 1. The van der Waals surface area contributed by atoms with Crippen LogP contribution in [0.4, 0.5) is 5.82 Å². The zero-order valence-corrected chi connectivity index (χ0v) is 11.0. The van der Waals surface area contributed by atoms with Crippen LogP contribution in [0.3, 0.4) is 0 Å². The molecule has 1 aliphatic rings. The maximum Gasteiger partial charge on any atom is 0.169 e. The minimum atomic E-state index is 0.427. The Morgan fingerprint density at radius 3 is 2.74 bits per heavy atom. The molecule has 2 aromatic rings. The van der Waals surface area contributed by atoms with Crippen molar-refractivity contribution in [2.24, 2.45) is 0 Å². The zero-order valence-electron chi connectivity index (χ0n) is 11.0. The molecule has 0 spiro atoms. The smallest absolute Gasteiger partial charge is 0.169 e. The van der Waals surface area contributed by atoms with Gasteiger partial charge in [-0.2, -0.15) is 0 Å². The lowest BCUT2D eigenvalue weighted by Gasteiger charge is -2.26. The molecule has 1 aromatic carbocycles. The van der Waals surface area contributed by atoms with Crippen LogP contribution in [0.15, 0.2) is 34.9 Å². The molecule has 1 aromatic heterocycles. The van der Waals surface area contributed by atoms with Crippen LogP contribution in [0.2, 0.25) is 0 Å². The van der Waals surface area contributed by atoms with Gasteiger partial charge in [0, 0.05) is 18.2 Å². The molecule has 19 heavy (non-hydrogen) atoms. The molecule has 3 rings (SSSR count). The van der Waals surface area contributed by atoms with Crippen molar-refractivity contribution in [2.75, 3.05) is 18.8 Å². The number of nitrogens with zero attached hydrogens (tertiary/aromatic N) is 2. The Hall–Kier alpha value is -1.81. The highest BCUT2D eigenvalue weighted by atomic mass is 16.5. The van der Waals surface area contributed by atoms with Crippen LogP contribution >= 0.6 is 0 Å². The van der Waals surface area contributed by atoms with Gasteiger partial charge in [0.25, 0.3) is 0 Å². The fraction of sp³-hybridized carbons (Fsp3) is 0.400. The molecule has 100 valence electrons. The lowest BCUT2D eigenvalue weighted by Crippen LogP contribution is -2.29. The highest BCUT2D eigenvalue weighted by molar-refractivity contribution is 5.60. The summed E-state index contributed by atoms with van der Waals surface area (Å²) in [6, 6.07) is 10.2. The van der Waals surface area contributed by atoms with Gasteiger partial charge in [-0.15, -0.1) is 0 Å². The Morgan fingerprint density at radius 2 is 2.00 bits per heavy atom. The largest absolute Gasteiger partial charge is 0.381 e. The highest BCUT2D eigenvalue weighted by Gasteiger charge is 2.11. The van der Waals surface area contributed by atoms with Gasteiger partial charge in [-0.05, 0) is 37.6 Å². The second-order valence-corrected chi connectivity index (χ2v) is 5.15. The van der Waals surface area contributed by atoms with Gasteiger partial charge in [-0.25, -0.2) is 0 Å². The van der Waals surface area contributed by atoms with Crippen LogP contribution in [-0.2, 0) is 6.54 Å². The lowest BCUT2D eigenvalue weighted by molar-refractivity contribution is 0.221. The highest BCUT2D eigenvalue weighted by Crippen LogP contribution is 2.23.